The number of rotatable bonds is 37. The second-order valence-corrected chi connectivity index (χ2v) is 17.4. The number of hydrogen-bond donors (Lipinski definition) is 6. The predicted molar refractivity (Wildman–Crippen MR) is 244 cm³/mol. The van der Waals surface area contributed by atoms with E-state index in [0.29, 0.717) is 12.8 Å². The molecule has 6 N–H and O–H groups in total. The maximum Gasteiger partial charge on any atom is 0.472 e. The topological polar surface area (TPSA) is 210 Å². The van der Waals surface area contributed by atoms with E-state index in [1.165, 1.54) is 64.2 Å². The molecule has 0 heterocycles. The maximum atomic E-state index is 12.8. The van der Waals surface area contributed by atoms with Crippen LogP contribution in [-0.4, -0.2) is 98.3 Å². The van der Waals surface area contributed by atoms with E-state index in [4.69, 9.17) is 18.5 Å². The van der Waals surface area contributed by atoms with Crippen LogP contribution in [0.5, 0.6) is 0 Å². The Balaban J connectivity index is 2.45. The summed E-state index contributed by atoms with van der Waals surface area (Å²) in [4.78, 5) is 35.7. The number of phosphoric ester groups is 1. The second-order valence-electron chi connectivity index (χ2n) is 16.0. The molecule has 0 aromatic rings. The normalized spacial score (nSPS) is 22.5. The molecule has 0 radical (unpaired) electrons. The highest BCUT2D eigenvalue weighted by atomic mass is 31.2. The van der Waals surface area contributed by atoms with Crippen molar-refractivity contribution in [3.63, 3.8) is 0 Å². The van der Waals surface area contributed by atoms with E-state index >= 15 is 0 Å². The van der Waals surface area contributed by atoms with Crippen molar-refractivity contribution in [1.29, 1.82) is 0 Å². The number of aliphatic hydroxyl groups excluding tert-OH is 5. The van der Waals surface area contributed by atoms with Crippen molar-refractivity contribution in [2.75, 3.05) is 13.2 Å². The van der Waals surface area contributed by atoms with Gasteiger partial charge in [0.1, 0.15) is 43.2 Å². The fraction of sp³-hybridized carbons (Fsp3) is 0.708. The minimum absolute atomic E-state index is 0.0466. The zero-order chi connectivity index (χ0) is 45.7. The van der Waals surface area contributed by atoms with Gasteiger partial charge in [0.2, 0.25) is 0 Å². The van der Waals surface area contributed by atoms with Gasteiger partial charge in [-0.15, -0.1) is 0 Å². The Hall–Kier alpha value is -2.71. The van der Waals surface area contributed by atoms with Crippen molar-refractivity contribution in [2.45, 2.75) is 204 Å². The summed E-state index contributed by atoms with van der Waals surface area (Å²) in [6, 6.07) is 0. The summed E-state index contributed by atoms with van der Waals surface area (Å²) in [5.74, 6) is -1.15. The van der Waals surface area contributed by atoms with Crippen LogP contribution in [0.4, 0.5) is 0 Å². The van der Waals surface area contributed by atoms with Gasteiger partial charge in [-0.1, -0.05) is 164 Å². The average molecular weight is 897 g/mol. The van der Waals surface area contributed by atoms with Crippen LogP contribution in [0, 0.1) is 0 Å². The Kier molecular flexibility index (Phi) is 34.8. The number of esters is 2. The van der Waals surface area contributed by atoms with Crippen LogP contribution in [0.2, 0.25) is 0 Å². The fourth-order valence-electron chi connectivity index (χ4n) is 6.64. The molecule has 1 aliphatic rings. The molecule has 1 fully saturated rings. The second kappa shape index (κ2) is 37.6. The van der Waals surface area contributed by atoms with Crippen LogP contribution >= 0.6 is 7.82 Å². The van der Waals surface area contributed by atoms with E-state index in [1.54, 1.807) is 0 Å². The van der Waals surface area contributed by atoms with Crippen LogP contribution in [0.1, 0.15) is 162 Å². The number of phosphoric acid groups is 1. The number of carbonyl (C=O) groups is 2. The molecule has 356 valence electrons. The molecule has 8 atom stereocenters. The number of hydrogen-bond acceptors (Lipinski definition) is 12. The number of unbranched alkanes of at least 4 members (excludes halogenated alkanes) is 17. The lowest BCUT2D eigenvalue weighted by Gasteiger charge is -2.41. The van der Waals surface area contributed by atoms with Crippen LogP contribution < -0.4 is 0 Å². The molecular weight excluding hydrogens is 815 g/mol. The van der Waals surface area contributed by atoms with Gasteiger partial charge in [0.05, 0.1) is 6.61 Å². The summed E-state index contributed by atoms with van der Waals surface area (Å²) in [5.41, 5.74) is 0. The molecule has 13 nitrogen and oxygen atoms in total. The first-order valence-electron chi connectivity index (χ1n) is 23.3. The molecule has 14 heteroatoms. The van der Waals surface area contributed by atoms with Gasteiger partial charge in [-0.2, -0.15) is 0 Å². The SMILES string of the molecule is CC/C=C/C=C/C=C/C=C/CCCCCC(=O)OC(COC(=O)CCCCCCCCCCCC/C=C/C=C/CCCCCC)COP(=O)(O)OC1C(O)C(O)C(O)[C@H](O)C1O. The summed E-state index contributed by atoms with van der Waals surface area (Å²) in [6.07, 6.45) is 33.9. The Morgan fingerprint density at radius 3 is 1.44 bits per heavy atom. The highest BCUT2D eigenvalue weighted by Gasteiger charge is 2.51. The van der Waals surface area contributed by atoms with Gasteiger partial charge in [0.15, 0.2) is 6.10 Å². The zero-order valence-corrected chi connectivity index (χ0v) is 38.5. The molecule has 0 aromatic heterocycles. The van der Waals surface area contributed by atoms with Crippen LogP contribution in [0.25, 0.3) is 0 Å². The number of aliphatic hydroxyl groups is 5. The Morgan fingerprint density at radius 1 is 0.516 bits per heavy atom. The first-order valence-corrected chi connectivity index (χ1v) is 24.8. The fourth-order valence-corrected chi connectivity index (χ4v) is 7.61. The lowest BCUT2D eigenvalue weighted by molar-refractivity contribution is -0.220. The highest BCUT2D eigenvalue weighted by molar-refractivity contribution is 7.47. The third kappa shape index (κ3) is 29.6. The maximum absolute atomic E-state index is 12.8. The number of allylic oxidation sites excluding steroid dienone is 12. The molecule has 0 spiro atoms. The minimum Gasteiger partial charge on any atom is -0.462 e. The summed E-state index contributed by atoms with van der Waals surface area (Å²) >= 11 is 0. The summed E-state index contributed by atoms with van der Waals surface area (Å²) in [7, 11) is -5.13. The standard InChI is InChI=1S/C48H81O13P/c1-3-5-7-9-11-13-15-17-18-19-20-21-22-23-25-26-28-30-32-34-36-41(49)58-38-40(39-59-62(56,57)61-48-46(54)44(52)43(51)45(53)47(48)55)60-42(50)37-35-33-31-29-27-24-16-14-12-10-8-6-4-2/h6,8,10,12-18,24,27,40,43-48,51-55H,3-5,7,9,11,19-23,25-26,28-39H2,1-2H3,(H,56,57)/b8-6+,12-10+,15-13+,16-14+,18-17+,27-24+/t40?,43?,44-,45?,46?,47?,48?/m0/s1. The van der Waals surface area contributed by atoms with E-state index in [-0.39, 0.29) is 12.8 Å². The first-order chi connectivity index (χ1) is 29.9. The van der Waals surface area contributed by atoms with E-state index in [1.807, 2.05) is 42.5 Å². The molecule has 0 saturated heterocycles. The molecule has 0 amide bonds. The van der Waals surface area contributed by atoms with E-state index in [9.17, 15) is 44.6 Å². The molecule has 7 unspecified atom stereocenters. The average Bonchev–Trinajstić information content (AvgIpc) is 3.25. The summed E-state index contributed by atoms with van der Waals surface area (Å²) < 4.78 is 33.5. The van der Waals surface area contributed by atoms with Crippen LogP contribution in [0.3, 0.4) is 0 Å². The minimum atomic E-state index is -5.13. The van der Waals surface area contributed by atoms with Crippen molar-refractivity contribution in [3.05, 3.63) is 72.9 Å². The largest absolute Gasteiger partial charge is 0.472 e. The van der Waals surface area contributed by atoms with Crippen molar-refractivity contribution in [1.82, 2.24) is 0 Å². The molecule has 62 heavy (non-hydrogen) atoms. The van der Waals surface area contributed by atoms with Crippen molar-refractivity contribution in [3.8, 4) is 0 Å². The van der Waals surface area contributed by atoms with Gasteiger partial charge in [-0.25, -0.2) is 4.57 Å². The first kappa shape index (κ1) is 57.3. The quantitative estimate of drug-likeness (QED) is 0.0149. The highest BCUT2D eigenvalue weighted by Crippen LogP contribution is 2.47. The zero-order valence-electron chi connectivity index (χ0n) is 37.6. The molecule has 1 rings (SSSR count). The summed E-state index contributed by atoms with van der Waals surface area (Å²) in [6.45, 7) is 3.09. The van der Waals surface area contributed by atoms with Crippen molar-refractivity contribution < 1.29 is 63.1 Å². The molecule has 0 bridgehead atoms. The van der Waals surface area contributed by atoms with E-state index in [0.717, 1.165) is 57.8 Å². The number of carbonyl (C=O) groups excluding carboxylic acids is 2. The number of ether oxygens (including phenoxy) is 2. The molecule has 1 saturated carbocycles. The lowest BCUT2D eigenvalue weighted by atomic mass is 9.85. The monoisotopic (exact) mass is 897 g/mol. The van der Waals surface area contributed by atoms with Crippen molar-refractivity contribution >= 4 is 19.8 Å². The summed E-state index contributed by atoms with van der Waals surface area (Å²) in [5, 5.41) is 50.1. The van der Waals surface area contributed by atoms with Crippen molar-refractivity contribution in [2.24, 2.45) is 0 Å². The van der Waals surface area contributed by atoms with Gasteiger partial charge in [-0.05, 0) is 57.8 Å². The lowest BCUT2D eigenvalue weighted by Crippen LogP contribution is -2.64. The van der Waals surface area contributed by atoms with Crippen LogP contribution in [0.15, 0.2) is 72.9 Å². The molecule has 0 aromatic carbocycles. The van der Waals surface area contributed by atoms with Gasteiger partial charge in [-0.3, -0.25) is 18.6 Å². The van der Waals surface area contributed by atoms with Gasteiger partial charge in [0.25, 0.3) is 0 Å². The van der Waals surface area contributed by atoms with E-state index in [2.05, 4.69) is 44.2 Å². The van der Waals surface area contributed by atoms with Gasteiger partial charge in [0, 0.05) is 12.8 Å². The van der Waals surface area contributed by atoms with E-state index < -0.39 is 75.7 Å². The predicted octanol–water partition coefficient (Wildman–Crippen LogP) is 9.11. The third-order valence-corrected chi connectivity index (χ3v) is 11.4. The van der Waals surface area contributed by atoms with Gasteiger partial charge >= 0.3 is 19.8 Å². The van der Waals surface area contributed by atoms with Gasteiger partial charge < -0.3 is 39.9 Å². The molecule has 1 aliphatic carbocycles. The molecule has 0 aliphatic heterocycles. The third-order valence-electron chi connectivity index (χ3n) is 10.4. The Labute approximate surface area is 372 Å². The Bertz CT molecular complexity index is 1360. The smallest absolute Gasteiger partial charge is 0.462 e. The Morgan fingerprint density at radius 2 is 0.919 bits per heavy atom. The molecular formula is C48H81O13P. The van der Waals surface area contributed by atoms with Crippen LogP contribution in [-0.2, 0) is 32.7 Å².